The Morgan fingerprint density at radius 2 is 1.55 bits per heavy atom. The summed E-state index contributed by atoms with van der Waals surface area (Å²) in [7, 11) is 0. The molecule has 0 heterocycles. The molecule has 0 aromatic rings. The number of aliphatic hydroxyl groups excluding tert-OH is 1. The smallest absolute Gasteiger partial charge is 0.407 e. The van der Waals surface area contributed by atoms with E-state index in [0.29, 0.717) is 24.8 Å². The first-order chi connectivity index (χ1) is 20.2. The third kappa shape index (κ3) is 4.88. The SMILES string of the molecule is CC(C)C1=C2[C@H]3CCC4[C@@]5(C)CC[C@H](O)C(C)(C)C5CC[C@@]4(C)[C@]3(C)CC[C@@]2(C(=O)NCCNC(=O)OC(C)(C)C)CC1=O. The van der Waals surface area contributed by atoms with Crippen LogP contribution in [0.4, 0.5) is 4.79 Å². The van der Waals surface area contributed by atoms with Crippen LogP contribution < -0.4 is 10.6 Å². The van der Waals surface area contributed by atoms with E-state index in [1.807, 2.05) is 20.8 Å². The molecule has 7 heteroatoms. The molecule has 0 aromatic heterocycles. The molecule has 0 bridgehead atoms. The molecule has 44 heavy (non-hydrogen) atoms. The van der Waals surface area contributed by atoms with Gasteiger partial charge in [-0.1, -0.05) is 48.5 Å². The minimum atomic E-state index is -0.798. The molecular formula is C37H60N2O5. The van der Waals surface area contributed by atoms with E-state index in [2.05, 4.69) is 59.1 Å². The third-order valence-corrected chi connectivity index (χ3v) is 13.9. The molecule has 8 atom stereocenters. The third-order valence-electron chi connectivity index (χ3n) is 13.9. The van der Waals surface area contributed by atoms with Gasteiger partial charge in [-0.25, -0.2) is 4.79 Å². The number of hydrogen-bond acceptors (Lipinski definition) is 5. The lowest BCUT2D eigenvalue weighted by Gasteiger charge is -2.72. The van der Waals surface area contributed by atoms with Gasteiger partial charge in [0.25, 0.3) is 0 Å². The molecule has 5 aliphatic carbocycles. The quantitative estimate of drug-likeness (QED) is 0.291. The fourth-order valence-electron chi connectivity index (χ4n) is 11.7. The average Bonchev–Trinajstić information content (AvgIpc) is 3.21. The van der Waals surface area contributed by atoms with Crippen molar-refractivity contribution in [1.82, 2.24) is 10.6 Å². The fraction of sp³-hybridized carbons (Fsp3) is 0.865. The van der Waals surface area contributed by atoms with Crippen LogP contribution in [0.15, 0.2) is 11.1 Å². The Kier molecular flexibility index (Phi) is 8.25. The number of alkyl carbamates (subject to hydrolysis) is 1. The second kappa shape index (κ2) is 10.8. The molecule has 7 nitrogen and oxygen atoms in total. The highest BCUT2D eigenvalue weighted by atomic mass is 16.6. The second-order valence-corrected chi connectivity index (χ2v) is 17.8. The molecule has 4 saturated carbocycles. The zero-order valence-corrected chi connectivity index (χ0v) is 29.2. The van der Waals surface area contributed by atoms with Crippen molar-refractivity contribution in [3.8, 4) is 0 Å². The van der Waals surface area contributed by atoms with Crippen molar-refractivity contribution in [3.05, 3.63) is 11.1 Å². The number of rotatable bonds is 5. The average molecular weight is 613 g/mol. The summed E-state index contributed by atoms with van der Waals surface area (Å²) >= 11 is 0. The van der Waals surface area contributed by atoms with Crippen LogP contribution in [-0.4, -0.2) is 47.7 Å². The number of ketones is 1. The molecule has 2 unspecified atom stereocenters. The number of hydrogen-bond donors (Lipinski definition) is 3. The van der Waals surface area contributed by atoms with Crippen molar-refractivity contribution in [2.45, 2.75) is 139 Å². The highest BCUT2D eigenvalue weighted by Gasteiger charge is 2.70. The summed E-state index contributed by atoms with van der Waals surface area (Å²) in [6, 6.07) is 0. The standard InChI is InChI=1S/C37H60N2O5/c1-22(2)28-24(40)21-37(30(42)38-19-20-39-31(43)44-32(3,4)5)18-17-35(9)23(29(28)37)11-12-26-34(8)15-14-27(41)33(6,7)25(34)13-16-36(26,35)10/h22-23,25-27,41H,11-21H2,1-10H3,(H,38,42)(H,39,43)/t23-,25?,26?,27+,34+,35-,36-,37-/m1/s1. The lowest BCUT2D eigenvalue weighted by molar-refractivity contribution is -0.228. The normalized spacial score (nSPS) is 41.3. The number of amides is 2. The van der Waals surface area contributed by atoms with Crippen LogP contribution >= 0.6 is 0 Å². The Morgan fingerprint density at radius 3 is 2.18 bits per heavy atom. The number of carbonyl (C=O) groups is 3. The summed E-state index contributed by atoms with van der Waals surface area (Å²) in [4.78, 5) is 40.1. The predicted molar refractivity (Wildman–Crippen MR) is 173 cm³/mol. The van der Waals surface area contributed by atoms with Gasteiger partial charge in [-0.2, -0.15) is 0 Å². The molecule has 5 aliphatic rings. The highest BCUT2D eigenvalue weighted by molar-refractivity contribution is 6.07. The van der Waals surface area contributed by atoms with Gasteiger partial charge >= 0.3 is 6.09 Å². The fourth-order valence-corrected chi connectivity index (χ4v) is 11.7. The summed E-state index contributed by atoms with van der Waals surface area (Å²) in [6.07, 6.45) is 7.47. The van der Waals surface area contributed by atoms with Crippen molar-refractivity contribution in [1.29, 1.82) is 0 Å². The van der Waals surface area contributed by atoms with E-state index in [9.17, 15) is 19.5 Å². The van der Waals surface area contributed by atoms with E-state index in [1.54, 1.807) is 0 Å². The van der Waals surface area contributed by atoms with Crippen LogP contribution in [0.25, 0.3) is 0 Å². The summed E-state index contributed by atoms with van der Waals surface area (Å²) in [5.41, 5.74) is 0.855. The summed E-state index contributed by atoms with van der Waals surface area (Å²) in [5, 5.41) is 16.9. The zero-order chi connectivity index (χ0) is 32.7. The topological polar surface area (TPSA) is 105 Å². The maximum atomic E-state index is 14.2. The highest BCUT2D eigenvalue weighted by Crippen LogP contribution is 2.76. The van der Waals surface area contributed by atoms with Crippen LogP contribution in [0.2, 0.25) is 0 Å². The zero-order valence-electron chi connectivity index (χ0n) is 29.2. The molecule has 4 fully saturated rings. The van der Waals surface area contributed by atoms with E-state index < -0.39 is 17.1 Å². The largest absolute Gasteiger partial charge is 0.444 e. The predicted octanol–water partition coefficient (Wildman–Crippen LogP) is 6.97. The van der Waals surface area contributed by atoms with Crippen molar-refractivity contribution >= 4 is 17.8 Å². The Balaban J connectivity index is 1.43. The monoisotopic (exact) mass is 612 g/mol. The molecule has 3 N–H and O–H groups in total. The van der Waals surface area contributed by atoms with E-state index >= 15 is 0 Å². The van der Waals surface area contributed by atoms with Crippen molar-refractivity contribution in [2.75, 3.05) is 13.1 Å². The summed E-state index contributed by atoms with van der Waals surface area (Å²) in [5.74, 6) is 1.42. The van der Waals surface area contributed by atoms with E-state index in [0.717, 1.165) is 56.1 Å². The maximum absolute atomic E-state index is 14.2. The number of Topliss-reactive ketones (excluding diaryl/α,β-unsaturated/α-hetero) is 1. The van der Waals surface area contributed by atoms with Gasteiger partial charge in [0, 0.05) is 19.5 Å². The van der Waals surface area contributed by atoms with E-state index in [-0.39, 0.29) is 64.3 Å². The Labute approximate surface area is 266 Å². The van der Waals surface area contributed by atoms with Gasteiger partial charge in [0.1, 0.15) is 5.60 Å². The van der Waals surface area contributed by atoms with Crippen LogP contribution in [0, 0.1) is 50.7 Å². The second-order valence-electron chi connectivity index (χ2n) is 17.8. The molecular weight excluding hydrogens is 552 g/mol. The lowest BCUT2D eigenvalue weighted by Crippen LogP contribution is -2.66. The van der Waals surface area contributed by atoms with Crippen LogP contribution in [0.5, 0.6) is 0 Å². The molecule has 5 rings (SSSR count). The van der Waals surface area contributed by atoms with Crippen LogP contribution in [0.3, 0.4) is 0 Å². The minimum Gasteiger partial charge on any atom is -0.444 e. The van der Waals surface area contributed by atoms with Gasteiger partial charge in [0.2, 0.25) is 5.91 Å². The number of allylic oxidation sites excluding steroid dienone is 1. The maximum Gasteiger partial charge on any atom is 0.407 e. The van der Waals surface area contributed by atoms with Gasteiger partial charge in [0.05, 0.1) is 11.5 Å². The van der Waals surface area contributed by atoms with Crippen LogP contribution in [0.1, 0.15) is 127 Å². The summed E-state index contributed by atoms with van der Waals surface area (Å²) in [6.45, 7) is 22.4. The van der Waals surface area contributed by atoms with Gasteiger partial charge < -0.3 is 20.5 Å². The Morgan fingerprint density at radius 1 is 0.886 bits per heavy atom. The van der Waals surface area contributed by atoms with E-state index in [4.69, 9.17) is 4.74 Å². The van der Waals surface area contributed by atoms with Crippen LogP contribution in [-0.2, 0) is 14.3 Å². The molecule has 0 radical (unpaired) electrons. The number of nitrogens with one attached hydrogen (secondary N) is 2. The van der Waals surface area contributed by atoms with Crippen molar-refractivity contribution in [2.24, 2.45) is 50.7 Å². The lowest BCUT2D eigenvalue weighted by atomic mass is 9.33. The number of carbonyl (C=O) groups excluding carboxylic acids is 3. The van der Waals surface area contributed by atoms with Gasteiger partial charge in [-0.05, 0) is 129 Å². The first kappa shape index (κ1) is 33.5. The molecule has 0 spiro atoms. The first-order valence-electron chi connectivity index (χ1n) is 17.5. The number of ether oxygens (including phenoxy) is 1. The molecule has 0 aliphatic heterocycles. The van der Waals surface area contributed by atoms with Gasteiger partial charge in [-0.15, -0.1) is 0 Å². The van der Waals surface area contributed by atoms with Gasteiger partial charge in [0.15, 0.2) is 5.78 Å². The molecule has 248 valence electrons. The molecule has 2 amide bonds. The van der Waals surface area contributed by atoms with E-state index in [1.165, 1.54) is 0 Å². The Hall–Kier alpha value is -1.89. The Bertz CT molecular complexity index is 1230. The number of aliphatic hydroxyl groups is 1. The number of fused-ring (bicyclic) bond motifs is 7. The van der Waals surface area contributed by atoms with Gasteiger partial charge in [-0.3, -0.25) is 9.59 Å². The van der Waals surface area contributed by atoms with Crippen molar-refractivity contribution < 1.29 is 24.2 Å². The summed E-state index contributed by atoms with van der Waals surface area (Å²) < 4.78 is 5.34. The minimum absolute atomic E-state index is 0.00769. The molecule has 0 aromatic carbocycles. The first-order valence-corrected chi connectivity index (χ1v) is 17.5. The molecule has 0 saturated heterocycles. The van der Waals surface area contributed by atoms with Crippen molar-refractivity contribution in [3.63, 3.8) is 0 Å².